The van der Waals surface area contributed by atoms with Crippen LogP contribution in [0.1, 0.15) is 10.4 Å². The normalized spacial score (nSPS) is 11.4. The van der Waals surface area contributed by atoms with Gasteiger partial charge in [-0.15, -0.1) is 0 Å². The number of hydrogen-bond donors (Lipinski definition) is 3. The van der Waals surface area contributed by atoms with E-state index in [0.717, 1.165) is 4.31 Å². The summed E-state index contributed by atoms with van der Waals surface area (Å²) in [6, 6.07) is 25.6. The third-order valence-electron chi connectivity index (χ3n) is 6.21. The van der Waals surface area contributed by atoms with Crippen LogP contribution in [0.15, 0.2) is 91.0 Å². The maximum absolute atomic E-state index is 12.9. The fourth-order valence-corrected chi connectivity index (χ4v) is 4.74. The highest BCUT2D eigenvalue weighted by Gasteiger charge is 2.24. The second-order valence-corrected chi connectivity index (χ2v) is 9.70. The summed E-state index contributed by atoms with van der Waals surface area (Å²) in [7, 11) is 4.62. The lowest BCUT2D eigenvalue weighted by molar-refractivity contribution is 0.102. The largest absolute Gasteiger partial charge is 0.497 e. The number of benzene rings is 4. The van der Waals surface area contributed by atoms with Gasteiger partial charge in [0.1, 0.15) is 17.2 Å². The van der Waals surface area contributed by atoms with E-state index in [0.29, 0.717) is 50.9 Å². The minimum absolute atomic E-state index is 0.0787. The number of amides is 1. The highest BCUT2D eigenvalue weighted by molar-refractivity contribution is 7.81. The number of fused-ring (bicyclic) bond motifs is 1. The summed E-state index contributed by atoms with van der Waals surface area (Å²) in [6.45, 7) is 0. The molecule has 5 rings (SSSR count). The smallest absolute Gasteiger partial charge is 0.268 e. The number of ether oxygens (including phenoxy) is 3. The molecule has 11 nitrogen and oxygen atoms in total. The van der Waals surface area contributed by atoms with Gasteiger partial charge in [-0.1, -0.05) is 18.2 Å². The molecule has 3 N–H and O–H groups in total. The van der Waals surface area contributed by atoms with Crippen LogP contribution >= 0.6 is 0 Å². The van der Waals surface area contributed by atoms with E-state index in [1.54, 1.807) is 92.0 Å². The fourth-order valence-electron chi connectivity index (χ4n) is 4.17. The van der Waals surface area contributed by atoms with Crippen molar-refractivity contribution < 1.29 is 27.8 Å². The van der Waals surface area contributed by atoms with E-state index in [1.165, 1.54) is 14.2 Å². The number of nitrogens with zero attached hydrogens (tertiary/aromatic N) is 3. The number of anilines is 5. The van der Waals surface area contributed by atoms with E-state index < -0.39 is 11.3 Å². The summed E-state index contributed by atoms with van der Waals surface area (Å²) in [4.78, 5) is 22.3. The second kappa shape index (κ2) is 12.5. The van der Waals surface area contributed by atoms with Crippen LogP contribution in [0.4, 0.5) is 28.7 Å². The summed E-state index contributed by atoms with van der Waals surface area (Å²) in [5.41, 5.74) is 2.76. The molecule has 214 valence electrons. The van der Waals surface area contributed by atoms with Gasteiger partial charge >= 0.3 is 0 Å². The van der Waals surface area contributed by atoms with Crippen LogP contribution < -0.4 is 29.1 Å². The number of aromatic nitrogens is 2. The van der Waals surface area contributed by atoms with Gasteiger partial charge in [0, 0.05) is 35.1 Å². The second-order valence-electron chi connectivity index (χ2n) is 8.87. The molecule has 0 aliphatic rings. The van der Waals surface area contributed by atoms with Gasteiger partial charge in [-0.2, -0.15) is 0 Å². The highest BCUT2D eigenvalue weighted by Crippen LogP contribution is 2.36. The maximum atomic E-state index is 12.9. The zero-order valence-corrected chi connectivity index (χ0v) is 23.7. The zero-order valence-electron chi connectivity index (χ0n) is 22.9. The molecular weight excluding hydrogens is 558 g/mol. The highest BCUT2D eigenvalue weighted by atomic mass is 32.2. The molecule has 5 aromatic rings. The van der Waals surface area contributed by atoms with Gasteiger partial charge in [0.15, 0.2) is 11.6 Å². The predicted molar refractivity (Wildman–Crippen MR) is 163 cm³/mol. The number of carbonyl (C=O) groups is 1. The van der Waals surface area contributed by atoms with Crippen molar-refractivity contribution in [1.82, 2.24) is 9.97 Å². The summed E-state index contributed by atoms with van der Waals surface area (Å²) in [5.74, 6) is 1.63. The molecule has 0 bridgehead atoms. The predicted octanol–water partition coefficient (Wildman–Crippen LogP) is 5.93. The van der Waals surface area contributed by atoms with Gasteiger partial charge in [-0.05, 0) is 54.6 Å². The Balaban J connectivity index is 1.54. The molecule has 0 spiro atoms. The Labute approximate surface area is 244 Å². The van der Waals surface area contributed by atoms with Crippen LogP contribution in [0.3, 0.4) is 0 Å². The first-order chi connectivity index (χ1) is 20.4. The minimum atomic E-state index is -2.57. The Morgan fingerprint density at radius 1 is 0.762 bits per heavy atom. The summed E-state index contributed by atoms with van der Waals surface area (Å²) in [6.07, 6.45) is 0. The van der Waals surface area contributed by atoms with Crippen molar-refractivity contribution in [3.05, 3.63) is 96.6 Å². The van der Waals surface area contributed by atoms with Gasteiger partial charge in [0.05, 0.1) is 38.1 Å². The topological polar surface area (TPSA) is 135 Å². The van der Waals surface area contributed by atoms with Crippen LogP contribution in [0.25, 0.3) is 11.0 Å². The third-order valence-corrected chi connectivity index (χ3v) is 6.90. The van der Waals surface area contributed by atoms with Crippen LogP contribution in [-0.2, 0) is 11.3 Å². The van der Waals surface area contributed by atoms with Crippen molar-refractivity contribution in [2.75, 3.05) is 36.3 Å². The van der Waals surface area contributed by atoms with Gasteiger partial charge in [0.2, 0.25) is 0 Å². The van der Waals surface area contributed by atoms with E-state index >= 15 is 0 Å². The first-order valence-corrected chi connectivity index (χ1v) is 13.7. The van der Waals surface area contributed by atoms with E-state index in [1.807, 2.05) is 6.07 Å². The van der Waals surface area contributed by atoms with Crippen LogP contribution in [0.5, 0.6) is 17.2 Å². The maximum Gasteiger partial charge on any atom is 0.268 e. The van der Waals surface area contributed by atoms with E-state index in [-0.39, 0.29) is 17.5 Å². The molecule has 1 aromatic heterocycles. The SMILES string of the molecule is COc1ccc(C(=O)Nc2cccc(N(c3nc4ccccc4nc3Nc3cc(OC)cc(OC)c3)S(=O)O)c2)cc1. The lowest BCUT2D eigenvalue weighted by atomic mass is 10.2. The monoisotopic (exact) mass is 585 g/mol. The Kier molecular flexibility index (Phi) is 8.46. The zero-order chi connectivity index (χ0) is 29.6. The van der Waals surface area contributed by atoms with Gasteiger partial charge in [-0.3, -0.25) is 9.35 Å². The van der Waals surface area contributed by atoms with Crippen LogP contribution in [0, 0.1) is 0 Å². The Morgan fingerprint density at radius 3 is 2.02 bits per heavy atom. The van der Waals surface area contributed by atoms with Crippen molar-refractivity contribution in [2.45, 2.75) is 0 Å². The van der Waals surface area contributed by atoms with Crippen molar-refractivity contribution in [2.24, 2.45) is 0 Å². The molecule has 0 radical (unpaired) electrons. The first-order valence-electron chi connectivity index (χ1n) is 12.6. The number of carbonyl (C=O) groups excluding carboxylic acids is 1. The van der Waals surface area contributed by atoms with E-state index in [4.69, 9.17) is 24.2 Å². The van der Waals surface area contributed by atoms with Crippen molar-refractivity contribution in [3.8, 4) is 17.2 Å². The Morgan fingerprint density at radius 2 is 1.40 bits per heavy atom. The van der Waals surface area contributed by atoms with Crippen molar-refractivity contribution in [1.29, 1.82) is 0 Å². The van der Waals surface area contributed by atoms with Crippen molar-refractivity contribution in [3.63, 3.8) is 0 Å². The molecule has 1 amide bonds. The Hall–Kier alpha value is -5.20. The number of nitrogens with one attached hydrogen (secondary N) is 2. The van der Waals surface area contributed by atoms with E-state index in [9.17, 15) is 13.6 Å². The number of methoxy groups -OCH3 is 3. The summed E-state index contributed by atoms with van der Waals surface area (Å²) in [5, 5.41) is 6.02. The minimum Gasteiger partial charge on any atom is -0.497 e. The molecule has 1 unspecified atom stereocenters. The molecule has 0 fully saturated rings. The van der Waals surface area contributed by atoms with Crippen molar-refractivity contribution >= 4 is 56.9 Å². The molecule has 0 saturated carbocycles. The number of hydrogen-bond acceptors (Lipinski definition) is 8. The first kappa shape index (κ1) is 28.3. The number of rotatable bonds is 10. The molecule has 0 aliphatic heterocycles. The average molecular weight is 586 g/mol. The Bertz CT molecular complexity index is 1740. The standard InChI is InChI=1S/C30H27N5O6S/c1-39-23-13-11-19(12-14-23)30(36)32-20-7-6-8-22(15-20)35(42(37)38)29-28(33-26-9-4-5-10-27(26)34-29)31-21-16-24(40-2)18-25(17-21)41-3/h4-18H,1-3H3,(H,31,33)(H,32,36)(H,37,38). The molecule has 1 atom stereocenters. The summed E-state index contributed by atoms with van der Waals surface area (Å²) >= 11 is -2.57. The van der Waals surface area contributed by atoms with Gasteiger partial charge < -0.3 is 24.8 Å². The fraction of sp³-hybridized carbons (Fsp3) is 0.100. The summed E-state index contributed by atoms with van der Waals surface area (Å²) < 4.78 is 40.4. The lowest BCUT2D eigenvalue weighted by Crippen LogP contribution is -2.22. The van der Waals surface area contributed by atoms with Gasteiger partial charge in [-0.25, -0.2) is 18.5 Å². The molecule has 0 aliphatic carbocycles. The van der Waals surface area contributed by atoms with Crippen LogP contribution in [0.2, 0.25) is 0 Å². The molecule has 0 saturated heterocycles. The molecular formula is C30H27N5O6S. The molecule has 1 heterocycles. The molecule has 4 aromatic carbocycles. The third kappa shape index (κ3) is 6.24. The van der Waals surface area contributed by atoms with E-state index in [2.05, 4.69) is 10.6 Å². The van der Waals surface area contributed by atoms with Gasteiger partial charge in [0.25, 0.3) is 17.2 Å². The number of para-hydroxylation sites is 2. The van der Waals surface area contributed by atoms with Crippen LogP contribution in [-0.4, -0.2) is 46.0 Å². The average Bonchev–Trinajstić information content (AvgIpc) is 3.01. The molecule has 12 heteroatoms. The lowest BCUT2D eigenvalue weighted by Gasteiger charge is -2.23. The molecule has 42 heavy (non-hydrogen) atoms. The quantitative estimate of drug-likeness (QED) is 0.171.